The van der Waals surface area contributed by atoms with Crippen LogP contribution in [0.1, 0.15) is 47.5 Å². The highest BCUT2D eigenvalue weighted by Crippen LogP contribution is 2.23. The highest BCUT2D eigenvalue weighted by atomic mass is 16.3. The van der Waals surface area contributed by atoms with Crippen molar-refractivity contribution in [3.63, 3.8) is 0 Å². The minimum absolute atomic E-state index is 0.0393. The lowest BCUT2D eigenvalue weighted by atomic mass is 9.87. The summed E-state index contributed by atoms with van der Waals surface area (Å²) in [5.74, 6) is 1.28. The first kappa shape index (κ1) is 16.3. The van der Waals surface area contributed by atoms with Crippen molar-refractivity contribution in [1.82, 2.24) is 10.2 Å². The van der Waals surface area contributed by atoms with Crippen molar-refractivity contribution in [2.75, 3.05) is 19.6 Å². The summed E-state index contributed by atoms with van der Waals surface area (Å²) in [5.41, 5.74) is -0.0709. The summed E-state index contributed by atoms with van der Waals surface area (Å²) in [6.45, 7) is 12.7. The van der Waals surface area contributed by atoms with Gasteiger partial charge in [0.2, 0.25) is 0 Å². The number of hydrogen-bond donors (Lipinski definition) is 2. The number of amides is 2. The topological polar surface area (TPSA) is 52.6 Å². The number of carbonyl (C=O) groups is 1. The van der Waals surface area contributed by atoms with E-state index in [0.29, 0.717) is 24.8 Å². The maximum Gasteiger partial charge on any atom is 0.317 e. The van der Waals surface area contributed by atoms with Crippen LogP contribution in [0.25, 0.3) is 0 Å². The molecule has 0 aromatic rings. The maximum absolute atomic E-state index is 12.1. The summed E-state index contributed by atoms with van der Waals surface area (Å²) in [6, 6.07) is 0.0393. The predicted molar refractivity (Wildman–Crippen MR) is 78.0 cm³/mol. The first-order valence-corrected chi connectivity index (χ1v) is 7.42. The minimum atomic E-state index is -0.331. The fourth-order valence-electron chi connectivity index (χ4n) is 2.75. The van der Waals surface area contributed by atoms with Crippen molar-refractivity contribution in [2.24, 2.45) is 17.3 Å². The monoisotopic (exact) mass is 270 g/mol. The number of aliphatic hydroxyl groups excluding tert-OH is 1. The van der Waals surface area contributed by atoms with Gasteiger partial charge in [0.05, 0.1) is 6.10 Å². The molecule has 0 bridgehead atoms. The van der Waals surface area contributed by atoms with Crippen LogP contribution in [0.4, 0.5) is 4.79 Å². The molecule has 0 aliphatic carbocycles. The van der Waals surface area contributed by atoms with Crippen molar-refractivity contribution in [2.45, 2.75) is 53.6 Å². The largest absolute Gasteiger partial charge is 0.393 e. The number of aliphatic hydroxyl groups is 1. The number of nitrogens with zero attached hydrogens (tertiary/aromatic N) is 1. The lowest BCUT2D eigenvalue weighted by Gasteiger charge is -2.36. The van der Waals surface area contributed by atoms with E-state index in [-0.39, 0.29) is 17.6 Å². The van der Waals surface area contributed by atoms with Crippen molar-refractivity contribution in [1.29, 1.82) is 0 Å². The van der Waals surface area contributed by atoms with Gasteiger partial charge in [-0.05, 0) is 37.0 Å². The molecule has 1 saturated heterocycles. The summed E-state index contributed by atoms with van der Waals surface area (Å²) >= 11 is 0. The quantitative estimate of drug-likeness (QED) is 0.824. The molecule has 3 atom stereocenters. The summed E-state index contributed by atoms with van der Waals surface area (Å²) in [6.07, 6.45) is 1.45. The Kier molecular flexibility index (Phi) is 5.65. The van der Waals surface area contributed by atoms with Crippen LogP contribution in [-0.2, 0) is 0 Å². The van der Waals surface area contributed by atoms with Crippen LogP contribution in [0.2, 0.25) is 0 Å². The average Bonchev–Trinajstić information content (AvgIpc) is 2.28. The van der Waals surface area contributed by atoms with Crippen molar-refractivity contribution in [3.05, 3.63) is 0 Å². The molecule has 0 saturated carbocycles. The molecule has 112 valence electrons. The van der Waals surface area contributed by atoms with Crippen LogP contribution in [0.3, 0.4) is 0 Å². The third-order valence-corrected chi connectivity index (χ3v) is 4.19. The van der Waals surface area contributed by atoms with E-state index in [4.69, 9.17) is 0 Å². The van der Waals surface area contributed by atoms with Gasteiger partial charge in [0.15, 0.2) is 0 Å². The third-order valence-electron chi connectivity index (χ3n) is 4.19. The van der Waals surface area contributed by atoms with E-state index < -0.39 is 0 Å². The van der Waals surface area contributed by atoms with Gasteiger partial charge in [-0.15, -0.1) is 0 Å². The highest BCUT2D eigenvalue weighted by molar-refractivity contribution is 5.74. The Morgan fingerprint density at radius 3 is 2.58 bits per heavy atom. The zero-order valence-corrected chi connectivity index (χ0v) is 13.1. The van der Waals surface area contributed by atoms with Crippen molar-refractivity contribution >= 4 is 6.03 Å². The van der Waals surface area contributed by atoms with E-state index >= 15 is 0 Å². The Morgan fingerprint density at radius 2 is 2.05 bits per heavy atom. The second-order valence-corrected chi connectivity index (χ2v) is 7.07. The average molecular weight is 270 g/mol. The fourth-order valence-corrected chi connectivity index (χ4v) is 2.75. The lowest BCUT2D eigenvalue weighted by Crippen LogP contribution is -2.49. The molecule has 4 nitrogen and oxygen atoms in total. The van der Waals surface area contributed by atoms with Crippen molar-refractivity contribution in [3.8, 4) is 0 Å². The molecule has 1 heterocycles. The molecule has 2 amide bonds. The standard InChI is InChI=1S/C15H30N2O2/c1-11-6-7-17(9-12(11)2)14(19)16-10-15(4,5)8-13(3)18/h11-13,18H,6-10H2,1-5H3,(H,16,19). The molecule has 1 fully saturated rings. The molecule has 0 aromatic carbocycles. The molecule has 0 spiro atoms. The number of likely N-dealkylation sites (tertiary alicyclic amines) is 1. The Morgan fingerprint density at radius 1 is 1.42 bits per heavy atom. The zero-order valence-electron chi connectivity index (χ0n) is 13.1. The lowest BCUT2D eigenvalue weighted by molar-refractivity contribution is 0.120. The molecule has 19 heavy (non-hydrogen) atoms. The van der Waals surface area contributed by atoms with Gasteiger partial charge < -0.3 is 15.3 Å². The summed E-state index contributed by atoms with van der Waals surface area (Å²) in [4.78, 5) is 14.1. The van der Waals surface area contributed by atoms with Gasteiger partial charge in [-0.3, -0.25) is 0 Å². The Hall–Kier alpha value is -0.770. The molecule has 1 aliphatic rings. The number of urea groups is 1. The Bertz CT molecular complexity index is 303. The van der Waals surface area contributed by atoms with E-state index in [2.05, 4.69) is 33.0 Å². The second kappa shape index (κ2) is 6.60. The first-order valence-electron chi connectivity index (χ1n) is 7.42. The minimum Gasteiger partial charge on any atom is -0.393 e. The van der Waals surface area contributed by atoms with E-state index in [1.54, 1.807) is 6.92 Å². The number of carbonyl (C=O) groups excluding carboxylic acids is 1. The van der Waals surface area contributed by atoms with Gasteiger partial charge in [0, 0.05) is 19.6 Å². The summed E-state index contributed by atoms with van der Waals surface area (Å²) < 4.78 is 0. The molecule has 0 radical (unpaired) electrons. The van der Waals surface area contributed by atoms with Gasteiger partial charge in [0.25, 0.3) is 0 Å². The Balaban J connectivity index is 2.39. The zero-order chi connectivity index (χ0) is 14.6. The van der Waals surface area contributed by atoms with Crippen LogP contribution in [0.15, 0.2) is 0 Å². The normalized spacial score (nSPS) is 26.1. The van der Waals surface area contributed by atoms with Crippen LogP contribution in [0.5, 0.6) is 0 Å². The van der Waals surface area contributed by atoms with Gasteiger partial charge in [-0.2, -0.15) is 0 Å². The van der Waals surface area contributed by atoms with E-state index in [0.717, 1.165) is 19.5 Å². The van der Waals surface area contributed by atoms with Crippen LogP contribution >= 0.6 is 0 Å². The highest BCUT2D eigenvalue weighted by Gasteiger charge is 2.27. The van der Waals surface area contributed by atoms with E-state index in [9.17, 15) is 9.90 Å². The maximum atomic E-state index is 12.1. The van der Waals surface area contributed by atoms with Crippen LogP contribution in [-0.4, -0.2) is 41.8 Å². The van der Waals surface area contributed by atoms with E-state index in [1.807, 2.05) is 4.90 Å². The SMILES string of the molecule is CC(O)CC(C)(C)CNC(=O)N1CCC(C)C(C)C1. The van der Waals surface area contributed by atoms with Gasteiger partial charge in [-0.1, -0.05) is 27.7 Å². The number of rotatable bonds is 4. The summed E-state index contributed by atoms with van der Waals surface area (Å²) in [5, 5.41) is 12.5. The van der Waals surface area contributed by atoms with Gasteiger partial charge in [0.1, 0.15) is 0 Å². The number of piperidine rings is 1. The molecule has 0 aromatic heterocycles. The fraction of sp³-hybridized carbons (Fsp3) is 0.933. The molecular formula is C15H30N2O2. The molecule has 1 rings (SSSR count). The van der Waals surface area contributed by atoms with Gasteiger partial charge in [-0.25, -0.2) is 4.79 Å². The van der Waals surface area contributed by atoms with Crippen LogP contribution < -0.4 is 5.32 Å². The third kappa shape index (κ3) is 5.39. The second-order valence-electron chi connectivity index (χ2n) is 7.07. The van der Waals surface area contributed by atoms with E-state index in [1.165, 1.54) is 0 Å². The first-order chi connectivity index (χ1) is 8.71. The van der Waals surface area contributed by atoms with Gasteiger partial charge >= 0.3 is 6.03 Å². The number of nitrogens with one attached hydrogen (secondary N) is 1. The Labute approximate surface area is 117 Å². The molecule has 1 aliphatic heterocycles. The van der Waals surface area contributed by atoms with Crippen LogP contribution in [0, 0.1) is 17.3 Å². The molecule has 3 unspecified atom stereocenters. The molecule has 2 N–H and O–H groups in total. The molecular weight excluding hydrogens is 240 g/mol. The van der Waals surface area contributed by atoms with Crippen molar-refractivity contribution < 1.29 is 9.90 Å². The molecule has 4 heteroatoms. The smallest absolute Gasteiger partial charge is 0.317 e. The predicted octanol–water partition coefficient (Wildman–Crippen LogP) is 2.47. The summed E-state index contributed by atoms with van der Waals surface area (Å²) in [7, 11) is 0. The number of hydrogen-bond acceptors (Lipinski definition) is 2.